The molecule has 0 spiro atoms. The van der Waals surface area contributed by atoms with E-state index in [1.54, 1.807) is 0 Å². The van der Waals surface area contributed by atoms with Gasteiger partial charge in [-0.2, -0.15) is 0 Å². The van der Waals surface area contributed by atoms with Crippen molar-refractivity contribution in [3.63, 3.8) is 0 Å². The number of rotatable bonds is 3. The van der Waals surface area contributed by atoms with Crippen LogP contribution in [-0.2, 0) is 0 Å². The van der Waals surface area contributed by atoms with E-state index in [0.717, 1.165) is 24.9 Å². The van der Waals surface area contributed by atoms with Crippen molar-refractivity contribution in [2.24, 2.45) is 11.8 Å². The first kappa shape index (κ1) is 9.61. The lowest BCUT2D eigenvalue weighted by molar-refractivity contribution is 0.400. The van der Waals surface area contributed by atoms with Crippen LogP contribution in [0.2, 0.25) is 0 Å². The summed E-state index contributed by atoms with van der Waals surface area (Å²) in [6.45, 7) is 6.28. The van der Waals surface area contributed by atoms with Gasteiger partial charge in [-0.3, -0.25) is 0 Å². The molecule has 0 radical (unpaired) electrons. The van der Waals surface area contributed by atoms with Gasteiger partial charge in [0.2, 0.25) is 0 Å². The third kappa shape index (κ3) is 2.87. The molecule has 0 aromatic carbocycles. The molecule has 0 aromatic heterocycles. The summed E-state index contributed by atoms with van der Waals surface area (Å²) in [5.41, 5.74) is 0. The van der Waals surface area contributed by atoms with Crippen LogP contribution in [0.1, 0.15) is 33.1 Å². The zero-order chi connectivity index (χ0) is 8.81. The molecule has 2 unspecified atom stereocenters. The van der Waals surface area contributed by atoms with E-state index in [1.807, 2.05) is 6.92 Å². The molecular formula is C11H19N. The first-order valence-electron chi connectivity index (χ1n) is 4.95. The second-order valence-corrected chi connectivity index (χ2v) is 3.73. The van der Waals surface area contributed by atoms with Crippen molar-refractivity contribution in [2.45, 2.75) is 33.1 Å². The maximum absolute atomic E-state index is 3.39. The molecule has 1 heteroatoms. The molecule has 2 atom stereocenters. The zero-order valence-electron chi connectivity index (χ0n) is 8.19. The molecule has 1 nitrogen and oxygen atoms in total. The van der Waals surface area contributed by atoms with E-state index in [2.05, 4.69) is 24.1 Å². The third-order valence-corrected chi connectivity index (χ3v) is 2.84. The van der Waals surface area contributed by atoms with E-state index in [9.17, 15) is 0 Å². The lowest BCUT2D eigenvalue weighted by Gasteiger charge is -2.14. The maximum atomic E-state index is 3.39. The summed E-state index contributed by atoms with van der Waals surface area (Å²) in [7, 11) is 0. The van der Waals surface area contributed by atoms with E-state index in [4.69, 9.17) is 0 Å². The highest BCUT2D eigenvalue weighted by Crippen LogP contribution is 2.30. The summed E-state index contributed by atoms with van der Waals surface area (Å²) >= 11 is 0. The molecule has 0 amide bonds. The van der Waals surface area contributed by atoms with Gasteiger partial charge >= 0.3 is 0 Å². The molecule has 0 bridgehead atoms. The molecular weight excluding hydrogens is 146 g/mol. The zero-order valence-corrected chi connectivity index (χ0v) is 8.19. The second-order valence-electron chi connectivity index (χ2n) is 3.73. The normalized spacial score (nSPS) is 28.2. The molecule has 1 saturated carbocycles. The van der Waals surface area contributed by atoms with Gasteiger partial charge in [0, 0.05) is 0 Å². The summed E-state index contributed by atoms with van der Waals surface area (Å²) < 4.78 is 0. The summed E-state index contributed by atoms with van der Waals surface area (Å²) in [5, 5.41) is 3.39. The molecule has 1 aliphatic rings. The standard InChI is InChI=1S/C11H19N/c1-3-4-8-12-9-11-7-5-6-10(11)2/h10-12H,5-9H2,1-2H3. The predicted octanol–water partition coefficient (Wildman–Crippen LogP) is 2.04. The molecule has 0 aliphatic heterocycles. The van der Waals surface area contributed by atoms with E-state index in [1.165, 1.54) is 19.3 Å². The fraction of sp³-hybridized carbons (Fsp3) is 0.818. The van der Waals surface area contributed by atoms with Crippen LogP contribution in [0.3, 0.4) is 0 Å². The topological polar surface area (TPSA) is 12.0 Å². The highest BCUT2D eigenvalue weighted by molar-refractivity contribution is 4.97. The minimum Gasteiger partial charge on any atom is -0.306 e. The summed E-state index contributed by atoms with van der Waals surface area (Å²) in [6, 6.07) is 0. The Morgan fingerprint density at radius 2 is 2.25 bits per heavy atom. The molecule has 1 aliphatic carbocycles. The van der Waals surface area contributed by atoms with Gasteiger partial charge in [-0.25, -0.2) is 0 Å². The maximum Gasteiger partial charge on any atom is 0.0576 e. The van der Waals surface area contributed by atoms with Crippen molar-refractivity contribution < 1.29 is 0 Å². The highest BCUT2D eigenvalue weighted by atomic mass is 14.8. The van der Waals surface area contributed by atoms with Gasteiger partial charge in [-0.15, -0.1) is 5.92 Å². The van der Waals surface area contributed by atoms with Gasteiger partial charge in [0.1, 0.15) is 0 Å². The van der Waals surface area contributed by atoms with Gasteiger partial charge in [-0.1, -0.05) is 25.7 Å². The molecule has 0 saturated heterocycles. The van der Waals surface area contributed by atoms with Gasteiger partial charge in [0.25, 0.3) is 0 Å². The second kappa shape index (κ2) is 5.22. The number of nitrogens with one attached hydrogen (secondary N) is 1. The lowest BCUT2D eigenvalue weighted by atomic mass is 9.98. The minimum atomic E-state index is 0.861. The number of hydrogen-bond donors (Lipinski definition) is 1. The van der Waals surface area contributed by atoms with Gasteiger partial charge in [-0.05, 0) is 31.7 Å². The quantitative estimate of drug-likeness (QED) is 0.498. The Morgan fingerprint density at radius 1 is 1.42 bits per heavy atom. The monoisotopic (exact) mass is 165 g/mol. The Morgan fingerprint density at radius 3 is 2.83 bits per heavy atom. The van der Waals surface area contributed by atoms with Crippen molar-refractivity contribution in [2.75, 3.05) is 13.1 Å². The van der Waals surface area contributed by atoms with Crippen LogP contribution in [0, 0.1) is 23.7 Å². The SMILES string of the molecule is CC#CCNCC1CCCC1C. The van der Waals surface area contributed by atoms with Crippen LogP contribution >= 0.6 is 0 Å². The molecule has 1 rings (SSSR count). The van der Waals surface area contributed by atoms with E-state index in [-0.39, 0.29) is 0 Å². The van der Waals surface area contributed by atoms with Gasteiger partial charge < -0.3 is 5.32 Å². The van der Waals surface area contributed by atoms with Crippen molar-refractivity contribution in [3.05, 3.63) is 0 Å². The van der Waals surface area contributed by atoms with Gasteiger partial charge in [0.05, 0.1) is 6.54 Å². The fourth-order valence-electron chi connectivity index (χ4n) is 1.93. The van der Waals surface area contributed by atoms with E-state index < -0.39 is 0 Å². The van der Waals surface area contributed by atoms with Crippen LogP contribution in [0.15, 0.2) is 0 Å². The van der Waals surface area contributed by atoms with E-state index in [0.29, 0.717) is 0 Å². The Kier molecular flexibility index (Phi) is 4.18. The van der Waals surface area contributed by atoms with Crippen molar-refractivity contribution >= 4 is 0 Å². The van der Waals surface area contributed by atoms with Crippen LogP contribution in [0.5, 0.6) is 0 Å². The largest absolute Gasteiger partial charge is 0.306 e. The molecule has 0 heterocycles. The highest BCUT2D eigenvalue weighted by Gasteiger charge is 2.22. The Labute approximate surface area is 75.9 Å². The van der Waals surface area contributed by atoms with Crippen LogP contribution in [0.4, 0.5) is 0 Å². The minimum absolute atomic E-state index is 0.861. The average Bonchev–Trinajstić information content (AvgIpc) is 2.46. The average molecular weight is 165 g/mol. The van der Waals surface area contributed by atoms with Gasteiger partial charge in [0.15, 0.2) is 0 Å². The third-order valence-electron chi connectivity index (χ3n) is 2.84. The van der Waals surface area contributed by atoms with Crippen molar-refractivity contribution in [1.82, 2.24) is 5.32 Å². The summed E-state index contributed by atoms with van der Waals surface area (Å²) in [6.07, 6.45) is 4.26. The van der Waals surface area contributed by atoms with Crippen LogP contribution < -0.4 is 5.32 Å². The Hall–Kier alpha value is -0.480. The number of hydrogen-bond acceptors (Lipinski definition) is 1. The van der Waals surface area contributed by atoms with E-state index >= 15 is 0 Å². The van der Waals surface area contributed by atoms with Crippen molar-refractivity contribution in [3.8, 4) is 11.8 Å². The Balaban J connectivity index is 2.08. The lowest BCUT2D eigenvalue weighted by Crippen LogP contribution is -2.24. The summed E-state index contributed by atoms with van der Waals surface area (Å²) in [5.74, 6) is 7.75. The van der Waals surface area contributed by atoms with Crippen molar-refractivity contribution in [1.29, 1.82) is 0 Å². The first-order valence-corrected chi connectivity index (χ1v) is 4.95. The first-order chi connectivity index (χ1) is 5.84. The molecule has 12 heavy (non-hydrogen) atoms. The smallest absolute Gasteiger partial charge is 0.0576 e. The molecule has 1 fully saturated rings. The molecule has 1 N–H and O–H groups in total. The fourth-order valence-corrected chi connectivity index (χ4v) is 1.93. The van der Waals surface area contributed by atoms with Crippen LogP contribution in [-0.4, -0.2) is 13.1 Å². The Bertz CT molecular complexity index is 175. The van der Waals surface area contributed by atoms with Crippen LogP contribution in [0.25, 0.3) is 0 Å². The molecule has 68 valence electrons. The summed E-state index contributed by atoms with van der Waals surface area (Å²) in [4.78, 5) is 0. The molecule has 0 aromatic rings. The predicted molar refractivity (Wildman–Crippen MR) is 52.8 cm³/mol.